The normalized spacial score (nSPS) is 14.4. The largest absolute Gasteiger partial charge is 0.458 e. The number of hydrogen-bond donors (Lipinski definition) is 2. The van der Waals surface area contributed by atoms with Gasteiger partial charge in [-0.05, 0) is 116 Å². The Hall–Kier alpha value is -3.88. The zero-order valence-corrected chi connectivity index (χ0v) is 32.8. The van der Waals surface area contributed by atoms with Gasteiger partial charge < -0.3 is 25.0 Å². The van der Waals surface area contributed by atoms with Crippen LogP contribution in [-0.4, -0.2) is 58.1 Å². The van der Waals surface area contributed by atoms with Crippen molar-refractivity contribution in [2.75, 3.05) is 0 Å². The molecule has 0 radical (unpaired) electrons. The first-order chi connectivity index (χ1) is 23.1. The van der Waals surface area contributed by atoms with Crippen LogP contribution in [0.1, 0.15) is 124 Å². The summed E-state index contributed by atoms with van der Waals surface area (Å²) in [7, 11) is 0. The Labute approximate surface area is 301 Å². The summed E-state index contributed by atoms with van der Waals surface area (Å²) in [5.74, 6) is -1.06. The second-order valence-corrected chi connectivity index (χ2v) is 16.4. The van der Waals surface area contributed by atoms with Crippen LogP contribution in [0.5, 0.6) is 0 Å². The van der Waals surface area contributed by atoms with E-state index in [0.717, 1.165) is 23.1 Å². The van der Waals surface area contributed by atoms with E-state index in [9.17, 15) is 19.2 Å². The number of aryl methyl sites for hydroxylation is 1. The molecule has 278 valence electrons. The van der Waals surface area contributed by atoms with Crippen LogP contribution in [0.4, 0.5) is 4.79 Å². The molecule has 2 aromatic carbocycles. The second kappa shape index (κ2) is 18.4. The lowest BCUT2D eigenvalue weighted by Crippen LogP contribution is -2.57. The Balaban J connectivity index is 2.77. The SMILES string of the molecule is Cc1cccc(C(C(=O)NC(Cc2ccccc2)C(=O)OC(C)(C)C)N(C(=O)C(CC(C)C)NC(=O)OC(C)(C)C)C(C)CCC(C)C)c1C. The summed E-state index contributed by atoms with van der Waals surface area (Å²) < 4.78 is 11.4. The van der Waals surface area contributed by atoms with Crippen molar-refractivity contribution in [3.63, 3.8) is 0 Å². The molecule has 0 saturated carbocycles. The highest BCUT2D eigenvalue weighted by Gasteiger charge is 2.41. The highest BCUT2D eigenvalue weighted by molar-refractivity contribution is 5.94. The zero-order chi connectivity index (χ0) is 38.0. The number of hydrogen-bond acceptors (Lipinski definition) is 6. The fraction of sp³-hybridized carbons (Fsp3) is 0.610. The van der Waals surface area contributed by atoms with Gasteiger partial charge in [0.15, 0.2) is 0 Å². The molecule has 2 rings (SSSR count). The quantitative estimate of drug-likeness (QED) is 0.183. The Kier molecular flexibility index (Phi) is 15.5. The molecule has 2 aromatic rings. The number of amides is 3. The first-order valence-corrected chi connectivity index (χ1v) is 18.0. The van der Waals surface area contributed by atoms with E-state index in [0.29, 0.717) is 24.3 Å². The molecule has 4 atom stereocenters. The van der Waals surface area contributed by atoms with Crippen LogP contribution in [0.15, 0.2) is 48.5 Å². The molecule has 0 fully saturated rings. The minimum Gasteiger partial charge on any atom is -0.458 e. The number of carbonyl (C=O) groups excluding carboxylic acids is 4. The van der Waals surface area contributed by atoms with Crippen LogP contribution >= 0.6 is 0 Å². The van der Waals surface area contributed by atoms with Crippen molar-refractivity contribution in [2.45, 2.75) is 151 Å². The van der Waals surface area contributed by atoms with E-state index in [4.69, 9.17) is 9.47 Å². The van der Waals surface area contributed by atoms with Gasteiger partial charge in [-0.25, -0.2) is 9.59 Å². The average Bonchev–Trinajstić information content (AvgIpc) is 2.97. The topological polar surface area (TPSA) is 114 Å². The number of esters is 1. The molecule has 2 N–H and O–H groups in total. The van der Waals surface area contributed by atoms with Gasteiger partial charge in [0.2, 0.25) is 11.8 Å². The van der Waals surface area contributed by atoms with E-state index in [2.05, 4.69) is 24.5 Å². The molecule has 0 saturated heterocycles. The Bertz CT molecular complexity index is 1420. The molecule has 3 amide bonds. The molecule has 9 heteroatoms. The predicted molar refractivity (Wildman–Crippen MR) is 200 cm³/mol. The van der Waals surface area contributed by atoms with E-state index >= 15 is 0 Å². The highest BCUT2D eigenvalue weighted by Crippen LogP contribution is 2.32. The van der Waals surface area contributed by atoms with Crippen LogP contribution in [0.25, 0.3) is 0 Å². The monoisotopic (exact) mass is 693 g/mol. The van der Waals surface area contributed by atoms with E-state index in [1.807, 2.05) is 83.1 Å². The third-order valence-electron chi connectivity index (χ3n) is 8.35. The van der Waals surface area contributed by atoms with E-state index in [-0.39, 0.29) is 12.3 Å². The first-order valence-electron chi connectivity index (χ1n) is 18.0. The summed E-state index contributed by atoms with van der Waals surface area (Å²) in [5.41, 5.74) is 1.77. The summed E-state index contributed by atoms with van der Waals surface area (Å²) in [6.45, 7) is 24.7. The van der Waals surface area contributed by atoms with Gasteiger partial charge in [0.1, 0.15) is 29.3 Å². The number of nitrogens with zero attached hydrogens (tertiary/aromatic N) is 1. The molecule has 0 spiro atoms. The van der Waals surface area contributed by atoms with Crippen molar-refractivity contribution in [2.24, 2.45) is 11.8 Å². The molecule has 0 aliphatic heterocycles. The fourth-order valence-corrected chi connectivity index (χ4v) is 5.79. The fourth-order valence-electron chi connectivity index (χ4n) is 5.79. The number of benzene rings is 2. The summed E-state index contributed by atoms with van der Waals surface area (Å²) in [4.78, 5) is 58.3. The van der Waals surface area contributed by atoms with Crippen molar-refractivity contribution in [1.29, 1.82) is 0 Å². The van der Waals surface area contributed by atoms with Gasteiger partial charge in [0, 0.05) is 12.5 Å². The van der Waals surface area contributed by atoms with Gasteiger partial charge in [-0.15, -0.1) is 0 Å². The summed E-state index contributed by atoms with van der Waals surface area (Å²) in [6.07, 6.45) is 1.27. The Morgan fingerprint density at radius 2 is 1.32 bits per heavy atom. The minimum absolute atomic E-state index is 0.0436. The van der Waals surface area contributed by atoms with Crippen molar-refractivity contribution < 1.29 is 28.7 Å². The van der Waals surface area contributed by atoms with E-state index in [1.54, 1.807) is 46.4 Å². The van der Waals surface area contributed by atoms with Crippen LogP contribution in [-0.2, 0) is 30.3 Å². The number of nitrogens with one attached hydrogen (secondary N) is 2. The lowest BCUT2D eigenvalue weighted by molar-refractivity contribution is -0.159. The van der Waals surface area contributed by atoms with Crippen molar-refractivity contribution >= 4 is 23.9 Å². The molecule has 9 nitrogen and oxygen atoms in total. The Morgan fingerprint density at radius 1 is 0.720 bits per heavy atom. The number of ether oxygens (including phenoxy) is 2. The highest BCUT2D eigenvalue weighted by atomic mass is 16.6. The smallest absolute Gasteiger partial charge is 0.408 e. The standard InChI is InChI=1S/C41H63N3O6/c1-26(2)22-23-29(6)44(37(46)33(24-27(3)4)43-39(48)50-41(11,12)13)35(32-21-17-18-28(5)30(32)7)36(45)42-34(38(47)49-40(8,9)10)25-31-19-15-14-16-20-31/h14-21,26-27,29,33-35H,22-25H2,1-13H3,(H,42,45)(H,43,48). The number of rotatable bonds is 15. The second-order valence-electron chi connectivity index (χ2n) is 16.4. The first kappa shape index (κ1) is 42.3. The van der Waals surface area contributed by atoms with Crippen LogP contribution in [0.2, 0.25) is 0 Å². The third-order valence-corrected chi connectivity index (χ3v) is 8.35. The summed E-state index contributed by atoms with van der Waals surface area (Å²) >= 11 is 0. The van der Waals surface area contributed by atoms with Crippen LogP contribution in [0, 0.1) is 25.7 Å². The number of carbonyl (C=O) groups is 4. The van der Waals surface area contributed by atoms with Gasteiger partial charge in [-0.1, -0.05) is 76.2 Å². The maximum Gasteiger partial charge on any atom is 0.408 e. The predicted octanol–water partition coefficient (Wildman–Crippen LogP) is 8.01. The summed E-state index contributed by atoms with van der Waals surface area (Å²) in [6, 6.07) is 11.7. The minimum atomic E-state index is -1.11. The van der Waals surface area contributed by atoms with Gasteiger partial charge in [0.05, 0.1) is 0 Å². The average molecular weight is 694 g/mol. The number of alkyl carbamates (subject to hydrolysis) is 1. The van der Waals surface area contributed by atoms with Crippen LogP contribution in [0.3, 0.4) is 0 Å². The maximum atomic E-state index is 15.0. The molecular weight excluding hydrogens is 630 g/mol. The molecule has 0 aliphatic carbocycles. The third kappa shape index (κ3) is 13.8. The van der Waals surface area contributed by atoms with Crippen LogP contribution < -0.4 is 10.6 Å². The van der Waals surface area contributed by atoms with E-state index in [1.165, 1.54) is 0 Å². The van der Waals surface area contributed by atoms with Crippen molar-refractivity contribution in [1.82, 2.24) is 15.5 Å². The molecule has 0 heterocycles. The van der Waals surface area contributed by atoms with Crippen molar-refractivity contribution in [3.05, 3.63) is 70.8 Å². The molecule has 0 aliphatic rings. The maximum absolute atomic E-state index is 15.0. The van der Waals surface area contributed by atoms with Gasteiger partial charge in [-0.3, -0.25) is 9.59 Å². The Morgan fingerprint density at radius 3 is 1.86 bits per heavy atom. The van der Waals surface area contributed by atoms with Gasteiger partial charge in [0.25, 0.3) is 0 Å². The molecule has 0 aromatic heterocycles. The lowest BCUT2D eigenvalue weighted by atomic mass is 9.91. The van der Waals surface area contributed by atoms with E-state index < -0.39 is 59.2 Å². The lowest BCUT2D eigenvalue weighted by Gasteiger charge is -2.40. The van der Waals surface area contributed by atoms with Crippen molar-refractivity contribution in [3.8, 4) is 0 Å². The van der Waals surface area contributed by atoms with Gasteiger partial charge in [-0.2, -0.15) is 0 Å². The zero-order valence-electron chi connectivity index (χ0n) is 32.8. The molecule has 0 bridgehead atoms. The molecule has 4 unspecified atom stereocenters. The van der Waals surface area contributed by atoms with Gasteiger partial charge >= 0.3 is 12.1 Å². The summed E-state index contributed by atoms with van der Waals surface area (Å²) in [5, 5.41) is 5.86. The molecular formula is C41H63N3O6. The molecule has 50 heavy (non-hydrogen) atoms.